The van der Waals surface area contributed by atoms with E-state index in [1.807, 2.05) is 7.05 Å². The number of aromatic nitrogens is 2. The molecule has 3 rings (SSSR count). The molecule has 0 saturated heterocycles. The Labute approximate surface area is 139 Å². The van der Waals surface area contributed by atoms with E-state index in [9.17, 15) is 0 Å². The van der Waals surface area contributed by atoms with E-state index < -0.39 is 0 Å². The van der Waals surface area contributed by atoms with Gasteiger partial charge in [0.15, 0.2) is 5.96 Å². The molecule has 2 fully saturated rings. The summed E-state index contributed by atoms with van der Waals surface area (Å²) in [6, 6.07) is 2.74. The van der Waals surface area contributed by atoms with Gasteiger partial charge in [0, 0.05) is 19.8 Å². The summed E-state index contributed by atoms with van der Waals surface area (Å²) in [6.45, 7) is 4.06. The molecule has 2 aliphatic rings. The molecular weight excluding hydrogens is 286 g/mol. The average Bonchev–Trinajstić information content (AvgIpc) is 3.20. The van der Waals surface area contributed by atoms with Crippen LogP contribution in [0.5, 0.6) is 0 Å². The van der Waals surface area contributed by atoms with Crippen molar-refractivity contribution in [3.63, 3.8) is 0 Å². The molecule has 0 unspecified atom stereocenters. The van der Waals surface area contributed by atoms with Gasteiger partial charge in [-0.3, -0.25) is 9.67 Å². The largest absolute Gasteiger partial charge is 0.356 e. The van der Waals surface area contributed by atoms with Gasteiger partial charge in [-0.15, -0.1) is 0 Å². The molecule has 1 aromatic rings. The van der Waals surface area contributed by atoms with Gasteiger partial charge in [0.05, 0.1) is 18.3 Å². The maximum Gasteiger partial charge on any atom is 0.191 e. The molecule has 1 aromatic heterocycles. The third kappa shape index (κ3) is 3.88. The van der Waals surface area contributed by atoms with Crippen molar-refractivity contribution in [2.45, 2.75) is 70.9 Å². The highest BCUT2D eigenvalue weighted by molar-refractivity contribution is 5.79. The van der Waals surface area contributed by atoms with Gasteiger partial charge in [0.2, 0.25) is 0 Å². The number of hydrogen-bond acceptors (Lipinski definition) is 2. The van der Waals surface area contributed by atoms with E-state index in [1.165, 1.54) is 51.4 Å². The molecule has 0 aromatic carbocycles. The molecule has 2 saturated carbocycles. The van der Waals surface area contributed by atoms with Crippen molar-refractivity contribution >= 4 is 5.96 Å². The fourth-order valence-electron chi connectivity index (χ4n) is 3.84. The second kappa shape index (κ2) is 7.37. The molecule has 0 aliphatic heterocycles. The van der Waals surface area contributed by atoms with Crippen molar-refractivity contribution in [2.24, 2.45) is 10.4 Å². The fourth-order valence-corrected chi connectivity index (χ4v) is 3.84. The normalized spacial score (nSPS) is 21.2. The van der Waals surface area contributed by atoms with Crippen LogP contribution in [0.1, 0.15) is 70.0 Å². The number of guanidine groups is 1. The van der Waals surface area contributed by atoms with Gasteiger partial charge in [0.25, 0.3) is 0 Å². The molecule has 5 heteroatoms. The molecule has 5 nitrogen and oxygen atoms in total. The smallest absolute Gasteiger partial charge is 0.191 e. The van der Waals surface area contributed by atoms with Crippen LogP contribution in [0.2, 0.25) is 0 Å². The maximum absolute atomic E-state index is 4.72. The van der Waals surface area contributed by atoms with Crippen LogP contribution in [0, 0.1) is 5.41 Å². The van der Waals surface area contributed by atoms with Crippen LogP contribution in [0.25, 0.3) is 0 Å². The fraction of sp³-hybridized carbons (Fsp3) is 0.778. The lowest BCUT2D eigenvalue weighted by Crippen LogP contribution is -2.46. The molecule has 0 radical (unpaired) electrons. The van der Waals surface area contributed by atoms with Crippen molar-refractivity contribution in [1.82, 2.24) is 20.4 Å². The monoisotopic (exact) mass is 317 g/mol. The van der Waals surface area contributed by atoms with Gasteiger partial charge in [-0.25, -0.2) is 0 Å². The standard InChI is InChI=1S/C18H31N5/c1-3-18(10-6-11-18)14-21-17(19-2)20-13-15-9-12-23(22-15)16-7-4-5-8-16/h9,12,16H,3-8,10-11,13-14H2,1-2H3,(H2,19,20,21). The van der Waals surface area contributed by atoms with Gasteiger partial charge in [-0.05, 0) is 43.6 Å². The Bertz CT molecular complexity index is 518. The molecule has 2 aliphatic carbocycles. The summed E-state index contributed by atoms with van der Waals surface area (Å²) in [7, 11) is 1.84. The van der Waals surface area contributed by atoms with Gasteiger partial charge >= 0.3 is 0 Å². The number of aliphatic imine (C=N–C) groups is 1. The summed E-state index contributed by atoms with van der Waals surface area (Å²) in [5.41, 5.74) is 1.59. The third-order valence-electron chi connectivity index (χ3n) is 5.82. The lowest BCUT2D eigenvalue weighted by Gasteiger charge is -2.41. The zero-order valence-electron chi connectivity index (χ0n) is 14.6. The van der Waals surface area contributed by atoms with Crippen molar-refractivity contribution in [3.05, 3.63) is 18.0 Å². The maximum atomic E-state index is 4.72. The Morgan fingerprint density at radius 2 is 2.09 bits per heavy atom. The lowest BCUT2D eigenvalue weighted by molar-refractivity contribution is 0.131. The summed E-state index contributed by atoms with van der Waals surface area (Å²) in [6.07, 6.45) is 12.7. The Morgan fingerprint density at radius 1 is 1.30 bits per heavy atom. The Balaban J connectivity index is 1.46. The molecule has 0 spiro atoms. The highest BCUT2D eigenvalue weighted by atomic mass is 15.3. The van der Waals surface area contributed by atoms with E-state index in [4.69, 9.17) is 5.10 Å². The quantitative estimate of drug-likeness (QED) is 0.625. The van der Waals surface area contributed by atoms with Crippen LogP contribution in [0.4, 0.5) is 0 Å². The number of rotatable bonds is 6. The van der Waals surface area contributed by atoms with E-state index >= 15 is 0 Å². The third-order valence-corrected chi connectivity index (χ3v) is 5.82. The predicted molar refractivity (Wildman–Crippen MR) is 94.5 cm³/mol. The summed E-state index contributed by atoms with van der Waals surface area (Å²) in [4.78, 5) is 4.34. The van der Waals surface area contributed by atoms with E-state index in [0.717, 1.165) is 24.7 Å². The van der Waals surface area contributed by atoms with Crippen molar-refractivity contribution in [2.75, 3.05) is 13.6 Å². The topological polar surface area (TPSA) is 54.2 Å². The first-order chi connectivity index (χ1) is 11.2. The van der Waals surface area contributed by atoms with E-state index in [1.54, 1.807) is 0 Å². The molecule has 1 heterocycles. The average molecular weight is 317 g/mol. The first kappa shape index (κ1) is 16.3. The van der Waals surface area contributed by atoms with Gasteiger partial charge in [0.1, 0.15) is 0 Å². The summed E-state index contributed by atoms with van der Waals surface area (Å²) >= 11 is 0. The zero-order chi connectivity index (χ0) is 16.1. The van der Waals surface area contributed by atoms with Gasteiger partial charge < -0.3 is 10.6 Å². The van der Waals surface area contributed by atoms with E-state index in [2.05, 4.69) is 39.5 Å². The Morgan fingerprint density at radius 3 is 2.70 bits per heavy atom. The molecule has 0 bridgehead atoms. The molecular formula is C18H31N5. The Kier molecular flexibility index (Phi) is 5.23. The highest BCUT2D eigenvalue weighted by Gasteiger charge is 2.34. The van der Waals surface area contributed by atoms with Crippen LogP contribution in [0.15, 0.2) is 17.3 Å². The molecule has 2 N–H and O–H groups in total. The molecule has 128 valence electrons. The van der Waals surface area contributed by atoms with Crippen molar-refractivity contribution in [1.29, 1.82) is 0 Å². The molecule has 23 heavy (non-hydrogen) atoms. The second-order valence-electron chi connectivity index (χ2n) is 7.21. The number of nitrogens with one attached hydrogen (secondary N) is 2. The number of nitrogens with zero attached hydrogens (tertiary/aromatic N) is 3. The molecule has 0 atom stereocenters. The first-order valence-corrected chi connectivity index (χ1v) is 9.23. The Hall–Kier alpha value is -1.52. The van der Waals surface area contributed by atoms with E-state index in [0.29, 0.717) is 11.5 Å². The SMILES string of the molecule is CCC1(CNC(=NC)NCc2ccn(C3CCCC3)n2)CCC1. The van der Waals surface area contributed by atoms with Crippen molar-refractivity contribution < 1.29 is 0 Å². The lowest BCUT2D eigenvalue weighted by atomic mass is 9.67. The van der Waals surface area contributed by atoms with Crippen LogP contribution < -0.4 is 10.6 Å². The van der Waals surface area contributed by atoms with Crippen molar-refractivity contribution in [3.8, 4) is 0 Å². The minimum Gasteiger partial charge on any atom is -0.356 e. The minimum absolute atomic E-state index is 0.502. The minimum atomic E-state index is 0.502. The highest BCUT2D eigenvalue weighted by Crippen LogP contribution is 2.42. The van der Waals surface area contributed by atoms with Gasteiger partial charge in [-0.1, -0.05) is 26.2 Å². The number of hydrogen-bond donors (Lipinski definition) is 2. The van der Waals surface area contributed by atoms with E-state index in [-0.39, 0.29) is 0 Å². The van der Waals surface area contributed by atoms with Crippen LogP contribution >= 0.6 is 0 Å². The van der Waals surface area contributed by atoms with Gasteiger partial charge in [-0.2, -0.15) is 5.10 Å². The predicted octanol–water partition coefficient (Wildman–Crippen LogP) is 3.24. The molecule has 0 amide bonds. The zero-order valence-corrected chi connectivity index (χ0v) is 14.6. The summed E-state index contributed by atoms with van der Waals surface area (Å²) in [5.74, 6) is 0.889. The van der Waals surface area contributed by atoms with Crippen LogP contribution in [-0.4, -0.2) is 29.3 Å². The van der Waals surface area contributed by atoms with Crippen LogP contribution in [0.3, 0.4) is 0 Å². The first-order valence-electron chi connectivity index (χ1n) is 9.23. The summed E-state index contributed by atoms with van der Waals surface area (Å²) in [5, 5.41) is 11.6. The second-order valence-corrected chi connectivity index (χ2v) is 7.21. The summed E-state index contributed by atoms with van der Waals surface area (Å²) < 4.78 is 2.15. The van der Waals surface area contributed by atoms with Crippen LogP contribution in [-0.2, 0) is 6.54 Å².